The Hall–Kier alpha value is -1.46. The molecule has 2 heterocycles. The summed E-state index contributed by atoms with van der Waals surface area (Å²) in [5.41, 5.74) is 1.09. The first-order valence-electron chi connectivity index (χ1n) is 9.19. The van der Waals surface area contributed by atoms with Crippen LogP contribution < -0.4 is 20.1 Å². The number of nitrogens with one attached hydrogen (secondary N) is 2. The average molecular weight is 333 g/mol. The van der Waals surface area contributed by atoms with Crippen LogP contribution in [0.15, 0.2) is 18.2 Å². The van der Waals surface area contributed by atoms with Gasteiger partial charge in [0.15, 0.2) is 0 Å². The maximum atomic E-state index is 5.35. The van der Waals surface area contributed by atoms with Crippen LogP contribution in [0.5, 0.6) is 11.5 Å². The Morgan fingerprint density at radius 2 is 1.62 bits per heavy atom. The van der Waals surface area contributed by atoms with Crippen molar-refractivity contribution in [3.8, 4) is 11.5 Å². The molecule has 2 aliphatic heterocycles. The van der Waals surface area contributed by atoms with Gasteiger partial charge in [0.2, 0.25) is 0 Å². The second-order valence-electron chi connectivity index (χ2n) is 7.01. The number of nitrogens with zero attached hydrogens (tertiary/aromatic N) is 1. The maximum absolute atomic E-state index is 5.35. The fourth-order valence-electron chi connectivity index (χ4n) is 3.82. The van der Waals surface area contributed by atoms with Crippen molar-refractivity contribution in [1.82, 2.24) is 10.2 Å². The smallest absolute Gasteiger partial charge is 0.124 e. The third kappa shape index (κ3) is 4.77. The minimum absolute atomic E-state index is 0.533. The molecule has 0 saturated carbocycles. The molecule has 0 spiro atoms. The van der Waals surface area contributed by atoms with Crippen LogP contribution >= 0.6 is 0 Å². The standard InChI is InChI=1S/C19H31N3O2/c1-23-18-11-17(12-19(13-18)24-2)21-16-5-9-22(10-6-16)14-15-3-7-20-8-4-15/h11-13,15-16,20-21H,3-10,14H2,1-2H3. The minimum Gasteiger partial charge on any atom is -0.497 e. The Labute approximate surface area is 145 Å². The number of methoxy groups -OCH3 is 2. The number of likely N-dealkylation sites (tertiary alicyclic amines) is 1. The summed E-state index contributed by atoms with van der Waals surface area (Å²) in [7, 11) is 3.38. The summed E-state index contributed by atoms with van der Waals surface area (Å²) in [6.07, 6.45) is 5.07. The number of hydrogen-bond donors (Lipinski definition) is 2. The predicted octanol–water partition coefficient (Wildman–Crippen LogP) is 2.58. The Morgan fingerprint density at radius 3 is 2.21 bits per heavy atom. The summed E-state index contributed by atoms with van der Waals surface area (Å²) in [6, 6.07) is 6.53. The number of benzene rings is 1. The second-order valence-corrected chi connectivity index (χ2v) is 7.01. The minimum atomic E-state index is 0.533. The number of piperidine rings is 2. The quantitative estimate of drug-likeness (QED) is 0.838. The zero-order valence-electron chi connectivity index (χ0n) is 15.0. The molecule has 2 aliphatic rings. The summed E-state index contributed by atoms with van der Waals surface area (Å²) in [6.45, 7) is 6.06. The van der Waals surface area contributed by atoms with E-state index in [-0.39, 0.29) is 0 Å². The van der Waals surface area contributed by atoms with Gasteiger partial charge in [0.05, 0.1) is 14.2 Å². The monoisotopic (exact) mass is 333 g/mol. The SMILES string of the molecule is COc1cc(NC2CCN(CC3CCNCC3)CC2)cc(OC)c1. The fourth-order valence-corrected chi connectivity index (χ4v) is 3.82. The molecule has 0 atom stereocenters. The molecule has 1 aromatic carbocycles. The fraction of sp³-hybridized carbons (Fsp3) is 0.684. The molecule has 0 bridgehead atoms. The molecule has 0 unspecified atom stereocenters. The van der Waals surface area contributed by atoms with Gasteiger partial charge in [0, 0.05) is 49.6 Å². The van der Waals surface area contributed by atoms with Gasteiger partial charge in [-0.05, 0) is 44.7 Å². The van der Waals surface area contributed by atoms with Gasteiger partial charge in [-0.25, -0.2) is 0 Å². The van der Waals surface area contributed by atoms with Crippen LogP contribution in [0.2, 0.25) is 0 Å². The second kappa shape index (κ2) is 8.58. The van der Waals surface area contributed by atoms with E-state index >= 15 is 0 Å². The summed E-state index contributed by atoms with van der Waals surface area (Å²) in [5, 5.41) is 7.11. The predicted molar refractivity (Wildman–Crippen MR) is 98.2 cm³/mol. The van der Waals surface area contributed by atoms with Gasteiger partial charge in [-0.1, -0.05) is 0 Å². The highest BCUT2D eigenvalue weighted by molar-refractivity contribution is 5.54. The molecule has 134 valence electrons. The van der Waals surface area contributed by atoms with E-state index in [1.54, 1.807) is 14.2 Å². The maximum Gasteiger partial charge on any atom is 0.124 e. The van der Waals surface area contributed by atoms with Gasteiger partial charge >= 0.3 is 0 Å². The normalized spacial score (nSPS) is 20.8. The Balaban J connectivity index is 1.48. The lowest BCUT2D eigenvalue weighted by molar-refractivity contribution is 0.171. The van der Waals surface area contributed by atoms with Crippen molar-refractivity contribution in [3.63, 3.8) is 0 Å². The highest BCUT2D eigenvalue weighted by Crippen LogP contribution is 2.27. The van der Waals surface area contributed by atoms with Crippen LogP contribution in [0.25, 0.3) is 0 Å². The zero-order chi connectivity index (χ0) is 16.8. The lowest BCUT2D eigenvalue weighted by Crippen LogP contribution is -2.43. The van der Waals surface area contributed by atoms with Crippen LogP contribution in [0, 0.1) is 5.92 Å². The molecule has 0 aromatic heterocycles. The molecule has 0 aliphatic carbocycles. The third-order valence-corrected chi connectivity index (χ3v) is 5.28. The van der Waals surface area contributed by atoms with Crippen molar-refractivity contribution in [1.29, 1.82) is 0 Å². The Kier molecular flexibility index (Phi) is 6.21. The number of anilines is 1. The summed E-state index contributed by atoms with van der Waals surface area (Å²) in [4.78, 5) is 2.65. The lowest BCUT2D eigenvalue weighted by Gasteiger charge is -2.36. The van der Waals surface area contributed by atoms with Gasteiger partial charge in [0.1, 0.15) is 11.5 Å². The van der Waals surface area contributed by atoms with Gasteiger partial charge in [-0.2, -0.15) is 0 Å². The summed E-state index contributed by atoms with van der Waals surface area (Å²) >= 11 is 0. The summed E-state index contributed by atoms with van der Waals surface area (Å²) in [5.74, 6) is 2.55. The van der Waals surface area contributed by atoms with E-state index in [1.165, 1.54) is 58.4 Å². The molecule has 0 radical (unpaired) electrons. The van der Waals surface area contributed by atoms with Crippen LogP contribution in [-0.4, -0.2) is 57.9 Å². The molecular formula is C19H31N3O2. The van der Waals surface area contributed by atoms with Crippen molar-refractivity contribution in [2.45, 2.75) is 31.7 Å². The van der Waals surface area contributed by atoms with E-state index in [4.69, 9.17) is 9.47 Å². The van der Waals surface area contributed by atoms with Crippen LogP contribution in [-0.2, 0) is 0 Å². The highest BCUT2D eigenvalue weighted by atomic mass is 16.5. The molecule has 5 heteroatoms. The molecule has 3 rings (SSSR count). The molecular weight excluding hydrogens is 302 g/mol. The van der Waals surface area contributed by atoms with E-state index in [0.29, 0.717) is 6.04 Å². The van der Waals surface area contributed by atoms with Crippen LogP contribution in [0.1, 0.15) is 25.7 Å². The molecule has 2 fully saturated rings. The van der Waals surface area contributed by atoms with Gasteiger partial charge < -0.3 is 25.0 Å². The van der Waals surface area contributed by atoms with Gasteiger partial charge in [0.25, 0.3) is 0 Å². The topological polar surface area (TPSA) is 45.8 Å². The highest BCUT2D eigenvalue weighted by Gasteiger charge is 2.22. The molecule has 24 heavy (non-hydrogen) atoms. The van der Waals surface area contributed by atoms with Crippen molar-refractivity contribution in [2.24, 2.45) is 5.92 Å². The van der Waals surface area contributed by atoms with Crippen molar-refractivity contribution >= 4 is 5.69 Å². The molecule has 0 amide bonds. The zero-order valence-corrected chi connectivity index (χ0v) is 15.0. The van der Waals surface area contributed by atoms with Crippen LogP contribution in [0.3, 0.4) is 0 Å². The lowest BCUT2D eigenvalue weighted by atomic mass is 9.96. The van der Waals surface area contributed by atoms with Crippen molar-refractivity contribution in [2.75, 3.05) is 52.3 Å². The number of hydrogen-bond acceptors (Lipinski definition) is 5. The molecule has 2 N–H and O–H groups in total. The van der Waals surface area contributed by atoms with Crippen molar-refractivity contribution < 1.29 is 9.47 Å². The summed E-state index contributed by atoms with van der Waals surface area (Å²) < 4.78 is 10.7. The number of rotatable bonds is 6. The van der Waals surface area contributed by atoms with E-state index < -0.39 is 0 Å². The van der Waals surface area contributed by atoms with E-state index in [0.717, 1.165) is 23.1 Å². The number of ether oxygens (including phenoxy) is 2. The van der Waals surface area contributed by atoms with E-state index in [1.807, 2.05) is 18.2 Å². The van der Waals surface area contributed by atoms with E-state index in [9.17, 15) is 0 Å². The first-order chi connectivity index (χ1) is 11.8. The largest absolute Gasteiger partial charge is 0.497 e. The Morgan fingerprint density at radius 1 is 1.00 bits per heavy atom. The molecule has 2 saturated heterocycles. The Bertz CT molecular complexity index is 487. The van der Waals surface area contributed by atoms with E-state index in [2.05, 4.69) is 15.5 Å². The van der Waals surface area contributed by atoms with Crippen molar-refractivity contribution in [3.05, 3.63) is 18.2 Å². The molecule has 5 nitrogen and oxygen atoms in total. The molecule has 1 aromatic rings. The third-order valence-electron chi connectivity index (χ3n) is 5.28. The van der Waals surface area contributed by atoms with Gasteiger partial charge in [-0.15, -0.1) is 0 Å². The first kappa shape index (κ1) is 17.4. The van der Waals surface area contributed by atoms with Gasteiger partial charge in [-0.3, -0.25) is 0 Å². The first-order valence-corrected chi connectivity index (χ1v) is 9.19. The average Bonchev–Trinajstić information content (AvgIpc) is 2.64. The van der Waals surface area contributed by atoms with Crippen LogP contribution in [0.4, 0.5) is 5.69 Å².